The van der Waals surface area contributed by atoms with Crippen LogP contribution < -0.4 is 5.73 Å². The number of hydrogen-bond donors (Lipinski definition) is 2. The highest BCUT2D eigenvalue weighted by Gasteiger charge is 2.35. The van der Waals surface area contributed by atoms with Gasteiger partial charge in [0.15, 0.2) is 0 Å². The van der Waals surface area contributed by atoms with Gasteiger partial charge in [0.2, 0.25) is 5.91 Å². The lowest BCUT2D eigenvalue weighted by Crippen LogP contribution is -2.56. The van der Waals surface area contributed by atoms with Crippen LogP contribution in [0.3, 0.4) is 0 Å². The van der Waals surface area contributed by atoms with Gasteiger partial charge in [-0.3, -0.25) is 9.59 Å². The molecule has 0 aromatic carbocycles. The van der Waals surface area contributed by atoms with Crippen molar-refractivity contribution in [1.82, 2.24) is 4.90 Å². The molecule has 1 heterocycles. The van der Waals surface area contributed by atoms with Crippen LogP contribution >= 0.6 is 0 Å². The summed E-state index contributed by atoms with van der Waals surface area (Å²) >= 11 is 0. The number of carbonyl (C=O) groups excluding carboxylic acids is 1. The van der Waals surface area contributed by atoms with Crippen molar-refractivity contribution in [2.75, 3.05) is 13.1 Å². The van der Waals surface area contributed by atoms with Crippen LogP contribution in [0, 0.1) is 5.92 Å². The van der Waals surface area contributed by atoms with E-state index in [0.717, 1.165) is 12.8 Å². The Morgan fingerprint density at radius 2 is 1.78 bits per heavy atom. The molecule has 0 saturated carbocycles. The Bertz CT molecular complexity index is 305. The minimum absolute atomic E-state index is 0.0151. The van der Waals surface area contributed by atoms with Gasteiger partial charge in [-0.1, -0.05) is 13.8 Å². The van der Waals surface area contributed by atoms with E-state index in [9.17, 15) is 9.59 Å². The van der Waals surface area contributed by atoms with Gasteiger partial charge in [0.05, 0.1) is 5.54 Å². The molecule has 3 N–H and O–H groups in total. The molecule has 5 heteroatoms. The van der Waals surface area contributed by atoms with Crippen molar-refractivity contribution in [3.05, 3.63) is 0 Å². The molecule has 1 aliphatic heterocycles. The molecule has 104 valence electrons. The first-order valence-electron chi connectivity index (χ1n) is 6.73. The van der Waals surface area contributed by atoms with Crippen LogP contribution in [0.5, 0.6) is 0 Å². The number of hydrogen-bond acceptors (Lipinski definition) is 3. The number of nitrogens with two attached hydrogens (primary N) is 1. The number of nitrogens with zero attached hydrogens (tertiary/aromatic N) is 1. The van der Waals surface area contributed by atoms with E-state index in [0.29, 0.717) is 25.9 Å². The van der Waals surface area contributed by atoms with Gasteiger partial charge >= 0.3 is 5.97 Å². The van der Waals surface area contributed by atoms with E-state index in [4.69, 9.17) is 10.8 Å². The average Bonchev–Trinajstić information content (AvgIpc) is 2.37. The zero-order valence-electron chi connectivity index (χ0n) is 11.3. The van der Waals surface area contributed by atoms with Crippen LogP contribution in [-0.2, 0) is 9.59 Å². The first kappa shape index (κ1) is 15.0. The van der Waals surface area contributed by atoms with Crippen molar-refractivity contribution in [3.8, 4) is 0 Å². The van der Waals surface area contributed by atoms with E-state index in [1.807, 2.05) is 13.8 Å². The summed E-state index contributed by atoms with van der Waals surface area (Å²) in [6.45, 7) is 5.13. The highest BCUT2D eigenvalue weighted by atomic mass is 16.4. The lowest BCUT2D eigenvalue weighted by Gasteiger charge is -2.37. The third kappa shape index (κ3) is 3.45. The average molecular weight is 256 g/mol. The summed E-state index contributed by atoms with van der Waals surface area (Å²) in [6.07, 6.45) is 3.01. The normalized spacial score (nSPS) is 17.8. The first-order chi connectivity index (χ1) is 8.42. The molecule has 0 aromatic rings. The minimum atomic E-state index is -0.755. The van der Waals surface area contributed by atoms with Gasteiger partial charge in [-0.05, 0) is 31.6 Å². The van der Waals surface area contributed by atoms with Crippen LogP contribution in [0.25, 0.3) is 0 Å². The monoisotopic (exact) mass is 256 g/mol. The van der Waals surface area contributed by atoms with Crippen LogP contribution in [0.15, 0.2) is 0 Å². The van der Waals surface area contributed by atoms with Crippen molar-refractivity contribution in [2.45, 2.75) is 51.5 Å². The second-order valence-electron chi connectivity index (χ2n) is 5.20. The summed E-state index contributed by atoms with van der Waals surface area (Å²) in [7, 11) is 0. The second kappa shape index (κ2) is 6.18. The predicted molar refractivity (Wildman–Crippen MR) is 69.1 cm³/mol. The van der Waals surface area contributed by atoms with Crippen molar-refractivity contribution < 1.29 is 14.7 Å². The molecule has 0 aliphatic carbocycles. The molecule has 1 saturated heterocycles. The topological polar surface area (TPSA) is 83.6 Å². The maximum Gasteiger partial charge on any atom is 0.303 e. The molecule has 18 heavy (non-hydrogen) atoms. The standard InChI is InChI=1S/C13H24N2O3/c1-3-13(14,4-2)12(18)15-7-5-10(6-8-15)9-11(16)17/h10H,3-9,14H2,1-2H3,(H,16,17). The van der Waals surface area contributed by atoms with Gasteiger partial charge in [0, 0.05) is 19.5 Å². The Morgan fingerprint density at radius 1 is 1.28 bits per heavy atom. The van der Waals surface area contributed by atoms with E-state index in [1.165, 1.54) is 0 Å². The quantitative estimate of drug-likeness (QED) is 0.774. The van der Waals surface area contributed by atoms with Crippen molar-refractivity contribution in [1.29, 1.82) is 0 Å². The maximum atomic E-state index is 12.3. The lowest BCUT2D eigenvalue weighted by atomic mass is 9.89. The predicted octanol–water partition coefficient (Wildman–Crippen LogP) is 1.22. The van der Waals surface area contributed by atoms with E-state index < -0.39 is 11.5 Å². The summed E-state index contributed by atoms with van der Waals surface area (Å²) < 4.78 is 0. The fourth-order valence-electron chi connectivity index (χ4n) is 2.45. The molecule has 1 rings (SSSR count). The van der Waals surface area contributed by atoms with E-state index >= 15 is 0 Å². The molecule has 0 atom stereocenters. The Hall–Kier alpha value is -1.10. The van der Waals surface area contributed by atoms with Gasteiger partial charge in [0.25, 0.3) is 0 Å². The van der Waals surface area contributed by atoms with Crippen molar-refractivity contribution in [3.63, 3.8) is 0 Å². The Kier molecular flexibility index (Phi) is 5.14. The van der Waals surface area contributed by atoms with Crippen LogP contribution in [0.1, 0.15) is 46.0 Å². The highest BCUT2D eigenvalue weighted by molar-refractivity contribution is 5.86. The molecule has 5 nitrogen and oxygen atoms in total. The smallest absolute Gasteiger partial charge is 0.303 e. The fourth-order valence-corrected chi connectivity index (χ4v) is 2.45. The van der Waals surface area contributed by atoms with Crippen LogP contribution in [-0.4, -0.2) is 40.5 Å². The number of carboxylic acid groups (broad SMARTS) is 1. The molecule has 0 radical (unpaired) electrons. The summed E-state index contributed by atoms with van der Waals surface area (Å²) in [5.41, 5.74) is 5.35. The number of amides is 1. The molecule has 1 amide bonds. The Morgan fingerprint density at radius 3 is 2.17 bits per heavy atom. The number of carboxylic acids is 1. The maximum absolute atomic E-state index is 12.3. The van der Waals surface area contributed by atoms with E-state index in [-0.39, 0.29) is 18.2 Å². The van der Waals surface area contributed by atoms with Gasteiger partial charge in [-0.2, -0.15) is 0 Å². The van der Waals surface area contributed by atoms with Crippen molar-refractivity contribution in [2.24, 2.45) is 11.7 Å². The first-order valence-corrected chi connectivity index (χ1v) is 6.73. The van der Waals surface area contributed by atoms with E-state index in [2.05, 4.69) is 0 Å². The second-order valence-corrected chi connectivity index (χ2v) is 5.20. The molecule has 1 aliphatic rings. The van der Waals surface area contributed by atoms with Gasteiger partial charge in [-0.15, -0.1) is 0 Å². The summed E-state index contributed by atoms with van der Waals surface area (Å²) in [5, 5.41) is 8.75. The molecule has 0 bridgehead atoms. The van der Waals surface area contributed by atoms with E-state index in [1.54, 1.807) is 4.90 Å². The van der Waals surface area contributed by atoms with Crippen LogP contribution in [0.4, 0.5) is 0 Å². The number of piperidine rings is 1. The summed E-state index contributed by atoms with van der Waals surface area (Å²) in [6, 6.07) is 0. The number of aliphatic carboxylic acids is 1. The SMILES string of the molecule is CCC(N)(CC)C(=O)N1CCC(CC(=O)O)CC1. The third-order valence-corrected chi connectivity index (χ3v) is 4.05. The minimum Gasteiger partial charge on any atom is -0.481 e. The molecule has 0 spiro atoms. The largest absolute Gasteiger partial charge is 0.481 e. The zero-order chi connectivity index (χ0) is 13.8. The number of carbonyl (C=O) groups is 2. The van der Waals surface area contributed by atoms with Gasteiger partial charge in [0.1, 0.15) is 0 Å². The summed E-state index contributed by atoms with van der Waals surface area (Å²) in [5.74, 6) is -0.543. The molecular weight excluding hydrogens is 232 g/mol. The van der Waals surface area contributed by atoms with Gasteiger partial charge in [-0.25, -0.2) is 0 Å². The fraction of sp³-hybridized carbons (Fsp3) is 0.846. The molecule has 1 fully saturated rings. The Balaban J connectivity index is 2.52. The number of rotatable bonds is 5. The molecule has 0 unspecified atom stereocenters. The van der Waals surface area contributed by atoms with Gasteiger partial charge < -0.3 is 15.7 Å². The lowest BCUT2D eigenvalue weighted by molar-refractivity contribution is -0.140. The number of likely N-dealkylation sites (tertiary alicyclic amines) is 1. The Labute approximate surface area is 108 Å². The van der Waals surface area contributed by atoms with Crippen LogP contribution in [0.2, 0.25) is 0 Å². The zero-order valence-corrected chi connectivity index (χ0v) is 11.3. The third-order valence-electron chi connectivity index (χ3n) is 4.05. The van der Waals surface area contributed by atoms with Crippen molar-refractivity contribution >= 4 is 11.9 Å². The molecule has 0 aromatic heterocycles. The highest BCUT2D eigenvalue weighted by Crippen LogP contribution is 2.24. The summed E-state index contributed by atoms with van der Waals surface area (Å²) in [4.78, 5) is 24.7. The molecular formula is C13H24N2O3.